The van der Waals surface area contributed by atoms with Crippen molar-refractivity contribution in [3.63, 3.8) is 0 Å². The number of carbonyl (C=O) groups excluding carboxylic acids is 2. The standard InChI is InChI=1S/C20H34O8/c21-17(22)13-9-5-1-3-7-11-15-19(25)27-28-20(26)16-12-8-4-2-6-10-14-18(23)24/h1-16H2,(H,21,22)(H,23,24). The molecule has 0 aromatic rings. The van der Waals surface area contributed by atoms with Crippen LogP contribution in [0, 0.1) is 0 Å². The van der Waals surface area contributed by atoms with Crippen molar-refractivity contribution in [2.45, 2.75) is 103 Å². The maximum atomic E-state index is 11.5. The fraction of sp³-hybridized carbons (Fsp3) is 0.800. The molecule has 0 aliphatic carbocycles. The zero-order valence-electron chi connectivity index (χ0n) is 16.7. The van der Waals surface area contributed by atoms with Gasteiger partial charge in [-0.15, -0.1) is 0 Å². The molecule has 0 saturated carbocycles. The third-order valence-electron chi connectivity index (χ3n) is 4.27. The van der Waals surface area contributed by atoms with Crippen LogP contribution in [0.25, 0.3) is 0 Å². The van der Waals surface area contributed by atoms with E-state index in [9.17, 15) is 19.2 Å². The SMILES string of the molecule is O=C(O)CCCCCCCCC(=O)OOC(=O)CCCCCCCCC(=O)O. The maximum absolute atomic E-state index is 11.5. The number of hydrogen-bond donors (Lipinski definition) is 2. The molecule has 0 aliphatic rings. The van der Waals surface area contributed by atoms with Crippen LogP contribution in [0.4, 0.5) is 0 Å². The molecule has 0 spiro atoms. The minimum atomic E-state index is -0.773. The molecule has 0 amide bonds. The molecule has 2 N–H and O–H groups in total. The molecule has 0 aromatic carbocycles. The van der Waals surface area contributed by atoms with Gasteiger partial charge in [0.15, 0.2) is 0 Å². The monoisotopic (exact) mass is 402 g/mol. The number of unbranched alkanes of at least 4 members (excludes halogenated alkanes) is 10. The van der Waals surface area contributed by atoms with Gasteiger partial charge in [-0.3, -0.25) is 9.59 Å². The van der Waals surface area contributed by atoms with E-state index in [4.69, 9.17) is 10.2 Å². The van der Waals surface area contributed by atoms with Crippen molar-refractivity contribution in [1.29, 1.82) is 0 Å². The molecule has 0 unspecified atom stereocenters. The second kappa shape index (κ2) is 18.3. The highest BCUT2D eigenvalue weighted by Gasteiger charge is 2.09. The van der Waals surface area contributed by atoms with E-state index in [-0.39, 0.29) is 25.7 Å². The Bertz CT molecular complexity index is 419. The summed E-state index contributed by atoms with van der Waals surface area (Å²) in [5, 5.41) is 17.0. The van der Waals surface area contributed by atoms with E-state index in [1.807, 2.05) is 0 Å². The van der Waals surface area contributed by atoms with Crippen molar-refractivity contribution in [2.24, 2.45) is 0 Å². The van der Waals surface area contributed by atoms with Crippen molar-refractivity contribution in [3.8, 4) is 0 Å². The summed E-state index contributed by atoms with van der Waals surface area (Å²) in [6.45, 7) is 0. The molecular weight excluding hydrogens is 368 g/mol. The highest BCUT2D eigenvalue weighted by Crippen LogP contribution is 2.11. The molecule has 0 bridgehead atoms. The van der Waals surface area contributed by atoms with Crippen molar-refractivity contribution in [2.75, 3.05) is 0 Å². The molecule has 0 rings (SSSR count). The van der Waals surface area contributed by atoms with Gasteiger partial charge >= 0.3 is 23.9 Å². The zero-order valence-corrected chi connectivity index (χ0v) is 16.7. The highest BCUT2D eigenvalue weighted by molar-refractivity contribution is 5.72. The van der Waals surface area contributed by atoms with Gasteiger partial charge in [0.1, 0.15) is 0 Å². The van der Waals surface area contributed by atoms with E-state index in [0.717, 1.165) is 51.4 Å². The van der Waals surface area contributed by atoms with Gasteiger partial charge in [-0.25, -0.2) is 19.4 Å². The number of aliphatic carboxylic acids is 2. The highest BCUT2D eigenvalue weighted by atomic mass is 17.2. The van der Waals surface area contributed by atoms with Gasteiger partial charge in [-0.05, 0) is 25.7 Å². The van der Waals surface area contributed by atoms with E-state index in [2.05, 4.69) is 9.78 Å². The van der Waals surface area contributed by atoms with Gasteiger partial charge in [0, 0.05) is 12.8 Å². The smallest absolute Gasteiger partial charge is 0.355 e. The fourth-order valence-electron chi connectivity index (χ4n) is 2.68. The van der Waals surface area contributed by atoms with E-state index in [1.165, 1.54) is 0 Å². The van der Waals surface area contributed by atoms with Crippen LogP contribution in [0.1, 0.15) is 103 Å². The summed E-state index contributed by atoms with van der Waals surface area (Å²) < 4.78 is 0. The van der Waals surface area contributed by atoms with Crippen LogP contribution < -0.4 is 0 Å². The minimum absolute atomic E-state index is 0.193. The average Bonchev–Trinajstić information content (AvgIpc) is 2.63. The predicted molar refractivity (Wildman–Crippen MR) is 101 cm³/mol. The maximum Gasteiger partial charge on any atom is 0.355 e. The normalized spacial score (nSPS) is 10.4. The third-order valence-corrected chi connectivity index (χ3v) is 4.27. The van der Waals surface area contributed by atoms with Crippen LogP contribution in [0.3, 0.4) is 0 Å². The Morgan fingerprint density at radius 1 is 0.429 bits per heavy atom. The van der Waals surface area contributed by atoms with Crippen LogP contribution >= 0.6 is 0 Å². The molecule has 0 atom stereocenters. The van der Waals surface area contributed by atoms with Gasteiger partial charge < -0.3 is 10.2 Å². The topological polar surface area (TPSA) is 127 Å². The molecule has 0 fully saturated rings. The zero-order chi connectivity index (χ0) is 21.0. The van der Waals surface area contributed by atoms with E-state index >= 15 is 0 Å². The fourth-order valence-corrected chi connectivity index (χ4v) is 2.68. The second-order valence-corrected chi connectivity index (χ2v) is 6.94. The molecule has 0 saturated heterocycles. The van der Waals surface area contributed by atoms with E-state index in [1.54, 1.807) is 0 Å². The summed E-state index contributed by atoms with van der Waals surface area (Å²) in [6, 6.07) is 0. The first-order valence-electron chi connectivity index (χ1n) is 10.3. The molecule has 8 heteroatoms. The van der Waals surface area contributed by atoms with Crippen LogP contribution in [0.15, 0.2) is 0 Å². The molecule has 0 radical (unpaired) electrons. The first kappa shape index (κ1) is 25.9. The minimum Gasteiger partial charge on any atom is -0.481 e. The van der Waals surface area contributed by atoms with Crippen LogP contribution in [0.2, 0.25) is 0 Å². The lowest BCUT2D eigenvalue weighted by molar-refractivity contribution is -0.259. The number of carbonyl (C=O) groups is 4. The summed E-state index contributed by atoms with van der Waals surface area (Å²) in [5.74, 6) is -2.66. The van der Waals surface area contributed by atoms with Crippen molar-refractivity contribution < 1.29 is 39.2 Å². The van der Waals surface area contributed by atoms with Gasteiger partial charge in [-0.1, -0.05) is 51.4 Å². The Kier molecular flexibility index (Phi) is 16.9. The Balaban J connectivity index is 3.38. The van der Waals surface area contributed by atoms with E-state index in [0.29, 0.717) is 25.7 Å². The third kappa shape index (κ3) is 20.2. The van der Waals surface area contributed by atoms with Crippen LogP contribution in [-0.2, 0) is 29.0 Å². The average molecular weight is 402 g/mol. The number of hydrogen-bond acceptors (Lipinski definition) is 6. The first-order valence-corrected chi connectivity index (χ1v) is 10.3. The van der Waals surface area contributed by atoms with Crippen molar-refractivity contribution in [3.05, 3.63) is 0 Å². The lowest BCUT2D eigenvalue weighted by atomic mass is 10.1. The Morgan fingerprint density at radius 3 is 0.964 bits per heavy atom. The molecule has 8 nitrogen and oxygen atoms in total. The lowest BCUT2D eigenvalue weighted by Crippen LogP contribution is -2.11. The number of rotatable bonds is 18. The second-order valence-electron chi connectivity index (χ2n) is 6.94. The summed E-state index contributed by atoms with van der Waals surface area (Å²) in [6.07, 6.45) is 10.6. The molecule has 0 heterocycles. The van der Waals surface area contributed by atoms with E-state index < -0.39 is 23.9 Å². The lowest BCUT2D eigenvalue weighted by Gasteiger charge is -2.04. The van der Waals surface area contributed by atoms with Crippen molar-refractivity contribution >= 4 is 23.9 Å². The van der Waals surface area contributed by atoms with Gasteiger partial charge in [0.2, 0.25) is 0 Å². The number of carboxylic acid groups (broad SMARTS) is 2. The quantitative estimate of drug-likeness (QED) is 0.196. The van der Waals surface area contributed by atoms with Crippen LogP contribution in [0.5, 0.6) is 0 Å². The summed E-state index contributed by atoms with van der Waals surface area (Å²) >= 11 is 0. The molecule has 0 aliphatic heterocycles. The van der Waals surface area contributed by atoms with Gasteiger partial charge in [0.25, 0.3) is 0 Å². The molecule has 0 aromatic heterocycles. The van der Waals surface area contributed by atoms with Gasteiger partial charge in [0.05, 0.1) is 12.8 Å². The van der Waals surface area contributed by atoms with Crippen molar-refractivity contribution in [1.82, 2.24) is 0 Å². The largest absolute Gasteiger partial charge is 0.481 e. The summed E-state index contributed by atoms with van der Waals surface area (Å²) in [7, 11) is 0. The predicted octanol–water partition coefficient (Wildman–Crippen LogP) is 4.40. The summed E-state index contributed by atoms with van der Waals surface area (Å²) in [5.41, 5.74) is 0. The molecule has 162 valence electrons. The molecular formula is C20H34O8. The van der Waals surface area contributed by atoms with Crippen LogP contribution in [-0.4, -0.2) is 34.1 Å². The Labute approximate surface area is 166 Å². The molecule has 28 heavy (non-hydrogen) atoms. The number of carboxylic acids is 2. The van der Waals surface area contributed by atoms with Gasteiger partial charge in [-0.2, -0.15) is 0 Å². The summed E-state index contributed by atoms with van der Waals surface area (Å²) in [4.78, 5) is 52.7. The Morgan fingerprint density at radius 2 is 0.679 bits per heavy atom. The Hall–Kier alpha value is -2.12. The first-order chi connectivity index (χ1) is 13.4.